The molecule has 2 rings (SSSR count). The Kier molecular flexibility index (Phi) is 4.03. The summed E-state index contributed by atoms with van der Waals surface area (Å²) in [7, 11) is 1.35. The number of methoxy groups -OCH3 is 1. The molecule has 1 unspecified atom stereocenters. The minimum absolute atomic E-state index is 0.113. The summed E-state index contributed by atoms with van der Waals surface area (Å²) in [5.41, 5.74) is 5.85. The van der Waals surface area contributed by atoms with Gasteiger partial charge in [-0.2, -0.15) is 5.10 Å². The number of anilines is 1. The molecule has 1 aromatic heterocycles. The molecule has 2 heterocycles. The average Bonchev–Trinajstić information content (AvgIpc) is 2.85. The van der Waals surface area contributed by atoms with Gasteiger partial charge in [-0.3, -0.25) is 14.7 Å². The third-order valence-electron chi connectivity index (χ3n) is 3.35. The lowest BCUT2D eigenvalue weighted by Crippen LogP contribution is -2.45. The van der Waals surface area contributed by atoms with E-state index >= 15 is 0 Å². The topological polar surface area (TPSA) is 101 Å². The third-order valence-corrected chi connectivity index (χ3v) is 3.35. The molecule has 1 amide bonds. The van der Waals surface area contributed by atoms with E-state index in [4.69, 9.17) is 5.73 Å². The number of aromatic nitrogens is 2. The number of nitrogen functional groups attached to an aromatic ring is 1. The SMILES string of the molecule is COC(=O)CC1CCCCN1C(=O)c1cc(N)n[nH]1. The number of aromatic amines is 1. The van der Waals surface area contributed by atoms with Gasteiger partial charge in [-0.25, -0.2) is 0 Å². The van der Waals surface area contributed by atoms with Gasteiger partial charge in [-0.1, -0.05) is 0 Å². The zero-order valence-corrected chi connectivity index (χ0v) is 10.9. The molecule has 0 aromatic carbocycles. The van der Waals surface area contributed by atoms with Crippen molar-refractivity contribution in [3.8, 4) is 0 Å². The Morgan fingerprint density at radius 1 is 1.58 bits per heavy atom. The second-order valence-corrected chi connectivity index (χ2v) is 4.63. The smallest absolute Gasteiger partial charge is 0.307 e. The summed E-state index contributed by atoms with van der Waals surface area (Å²) in [5, 5.41) is 6.36. The number of nitrogens with two attached hydrogens (primary N) is 1. The highest BCUT2D eigenvalue weighted by molar-refractivity contribution is 5.93. The summed E-state index contributed by atoms with van der Waals surface area (Å²) in [4.78, 5) is 25.4. The van der Waals surface area contributed by atoms with Crippen molar-refractivity contribution in [1.29, 1.82) is 0 Å². The van der Waals surface area contributed by atoms with Crippen LogP contribution in [0.4, 0.5) is 5.82 Å². The van der Waals surface area contributed by atoms with Gasteiger partial charge in [0.2, 0.25) is 0 Å². The number of rotatable bonds is 3. The summed E-state index contributed by atoms with van der Waals surface area (Å²) in [6, 6.07) is 1.39. The second kappa shape index (κ2) is 5.73. The number of nitrogens with one attached hydrogen (secondary N) is 1. The quantitative estimate of drug-likeness (QED) is 0.778. The fraction of sp³-hybridized carbons (Fsp3) is 0.583. The zero-order valence-electron chi connectivity index (χ0n) is 10.9. The number of carbonyl (C=O) groups is 2. The highest BCUT2D eigenvalue weighted by atomic mass is 16.5. The van der Waals surface area contributed by atoms with Gasteiger partial charge in [0.15, 0.2) is 0 Å². The number of hydrogen-bond donors (Lipinski definition) is 2. The largest absolute Gasteiger partial charge is 0.469 e. The summed E-state index contributed by atoms with van der Waals surface area (Å²) in [5.74, 6) is -0.184. The molecule has 1 saturated heterocycles. The van der Waals surface area contributed by atoms with Crippen LogP contribution < -0.4 is 5.73 Å². The Bertz CT molecular complexity index is 471. The van der Waals surface area contributed by atoms with Crippen LogP contribution in [0.25, 0.3) is 0 Å². The van der Waals surface area contributed by atoms with Crippen LogP contribution in [0.15, 0.2) is 6.07 Å². The molecule has 0 aliphatic carbocycles. The maximum Gasteiger partial charge on any atom is 0.307 e. The Morgan fingerprint density at radius 3 is 3.00 bits per heavy atom. The molecular formula is C12H18N4O3. The first-order valence-electron chi connectivity index (χ1n) is 6.30. The van der Waals surface area contributed by atoms with E-state index in [1.54, 1.807) is 4.90 Å². The van der Waals surface area contributed by atoms with Crippen molar-refractivity contribution in [1.82, 2.24) is 15.1 Å². The predicted octanol–water partition coefficient (Wildman–Crippen LogP) is 0.550. The Labute approximate surface area is 111 Å². The number of piperidine rings is 1. The van der Waals surface area contributed by atoms with Crippen molar-refractivity contribution in [2.24, 2.45) is 0 Å². The number of H-pyrrole nitrogens is 1. The fourth-order valence-electron chi connectivity index (χ4n) is 2.36. The molecule has 7 nitrogen and oxygen atoms in total. The van der Waals surface area contributed by atoms with E-state index < -0.39 is 0 Å². The molecule has 1 aliphatic rings. The van der Waals surface area contributed by atoms with Crippen LogP contribution in [0.2, 0.25) is 0 Å². The predicted molar refractivity (Wildman–Crippen MR) is 68.3 cm³/mol. The summed E-state index contributed by atoms with van der Waals surface area (Å²) in [6.45, 7) is 0.638. The monoisotopic (exact) mass is 266 g/mol. The second-order valence-electron chi connectivity index (χ2n) is 4.63. The van der Waals surface area contributed by atoms with E-state index in [0.717, 1.165) is 19.3 Å². The maximum atomic E-state index is 12.3. The van der Waals surface area contributed by atoms with Gasteiger partial charge < -0.3 is 15.4 Å². The maximum absolute atomic E-state index is 12.3. The van der Waals surface area contributed by atoms with Crippen molar-refractivity contribution in [2.45, 2.75) is 31.7 Å². The zero-order chi connectivity index (χ0) is 13.8. The highest BCUT2D eigenvalue weighted by Crippen LogP contribution is 2.22. The van der Waals surface area contributed by atoms with Gasteiger partial charge >= 0.3 is 5.97 Å². The molecule has 1 fully saturated rings. The van der Waals surface area contributed by atoms with Crippen molar-refractivity contribution in [3.05, 3.63) is 11.8 Å². The van der Waals surface area contributed by atoms with Gasteiger partial charge in [0.1, 0.15) is 11.5 Å². The standard InChI is InChI=1S/C12H18N4O3/c1-19-11(17)6-8-4-2-3-5-16(8)12(18)9-7-10(13)15-14-9/h7-8H,2-6H2,1H3,(H3,13,14,15). The lowest BCUT2D eigenvalue weighted by atomic mass is 9.99. The molecule has 0 saturated carbocycles. The van der Waals surface area contributed by atoms with Gasteiger partial charge in [0.25, 0.3) is 5.91 Å². The molecule has 1 aromatic rings. The number of esters is 1. The van der Waals surface area contributed by atoms with Crippen molar-refractivity contribution >= 4 is 17.7 Å². The van der Waals surface area contributed by atoms with E-state index in [1.165, 1.54) is 13.2 Å². The lowest BCUT2D eigenvalue weighted by Gasteiger charge is -2.34. The van der Waals surface area contributed by atoms with Crippen LogP contribution in [-0.4, -0.2) is 46.7 Å². The third kappa shape index (κ3) is 3.04. The molecule has 7 heteroatoms. The van der Waals surface area contributed by atoms with E-state index in [2.05, 4.69) is 14.9 Å². The van der Waals surface area contributed by atoms with E-state index in [1.807, 2.05) is 0 Å². The van der Waals surface area contributed by atoms with E-state index in [0.29, 0.717) is 12.2 Å². The number of nitrogens with zero attached hydrogens (tertiary/aromatic N) is 2. The molecule has 1 aliphatic heterocycles. The van der Waals surface area contributed by atoms with Crippen LogP contribution in [-0.2, 0) is 9.53 Å². The number of carbonyl (C=O) groups excluding carboxylic acids is 2. The molecular weight excluding hydrogens is 248 g/mol. The number of hydrogen-bond acceptors (Lipinski definition) is 5. The molecule has 0 radical (unpaired) electrons. The minimum Gasteiger partial charge on any atom is -0.469 e. The summed E-state index contributed by atoms with van der Waals surface area (Å²) >= 11 is 0. The van der Waals surface area contributed by atoms with Crippen LogP contribution in [0.5, 0.6) is 0 Å². The Morgan fingerprint density at radius 2 is 2.37 bits per heavy atom. The Hall–Kier alpha value is -2.05. The highest BCUT2D eigenvalue weighted by Gasteiger charge is 2.30. The first-order valence-corrected chi connectivity index (χ1v) is 6.30. The molecule has 1 atom stereocenters. The number of likely N-dealkylation sites (tertiary alicyclic amines) is 1. The summed E-state index contributed by atoms with van der Waals surface area (Å²) in [6.07, 6.45) is 2.99. The van der Waals surface area contributed by atoms with Crippen molar-refractivity contribution in [2.75, 3.05) is 19.4 Å². The van der Waals surface area contributed by atoms with Crippen LogP contribution >= 0.6 is 0 Å². The number of amides is 1. The fourth-order valence-corrected chi connectivity index (χ4v) is 2.36. The van der Waals surface area contributed by atoms with Gasteiger partial charge in [-0.05, 0) is 19.3 Å². The van der Waals surface area contributed by atoms with Gasteiger partial charge in [0, 0.05) is 18.7 Å². The molecule has 0 spiro atoms. The number of ether oxygens (including phenoxy) is 1. The average molecular weight is 266 g/mol. The first kappa shape index (κ1) is 13.4. The normalized spacial score (nSPS) is 19.2. The summed E-state index contributed by atoms with van der Waals surface area (Å²) < 4.78 is 4.67. The molecule has 0 bridgehead atoms. The molecule has 3 N–H and O–H groups in total. The van der Waals surface area contributed by atoms with Crippen molar-refractivity contribution in [3.63, 3.8) is 0 Å². The van der Waals surface area contributed by atoms with Gasteiger partial charge in [-0.15, -0.1) is 0 Å². The van der Waals surface area contributed by atoms with Crippen LogP contribution in [0.3, 0.4) is 0 Å². The van der Waals surface area contributed by atoms with E-state index in [9.17, 15) is 9.59 Å². The van der Waals surface area contributed by atoms with Gasteiger partial charge in [0.05, 0.1) is 13.5 Å². The van der Waals surface area contributed by atoms with E-state index in [-0.39, 0.29) is 30.2 Å². The van der Waals surface area contributed by atoms with Crippen LogP contribution in [0, 0.1) is 0 Å². The van der Waals surface area contributed by atoms with Crippen molar-refractivity contribution < 1.29 is 14.3 Å². The Balaban J connectivity index is 2.10. The minimum atomic E-state index is -0.297. The molecule has 104 valence electrons. The van der Waals surface area contributed by atoms with Crippen LogP contribution in [0.1, 0.15) is 36.2 Å². The lowest BCUT2D eigenvalue weighted by molar-refractivity contribution is -0.142. The first-order chi connectivity index (χ1) is 9.11. The molecule has 19 heavy (non-hydrogen) atoms.